The zero-order valence-corrected chi connectivity index (χ0v) is 22.3. The number of alkyl halides is 3. The fourth-order valence-corrected chi connectivity index (χ4v) is 3.71. The molecular formula is C30H25F3N4O4. The summed E-state index contributed by atoms with van der Waals surface area (Å²) < 4.78 is 45.2. The molecule has 0 aliphatic heterocycles. The Labute approximate surface area is 233 Å². The molecule has 0 saturated carbocycles. The van der Waals surface area contributed by atoms with Crippen LogP contribution in [0.3, 0.4) is 0 Å². The van der Waals surface area contributed by atoms with Crippen molar-refractivity contribution < 1.29 is 32.6 Å². The first-order chi connectivity index (χ1) is 19.3. The van der Waals surface area contributed by atoms with E-state index in [9.17, 15) is 27.9 Å². The third-order valence-electron chi connectivity index (χ3n) is 5.60. The van der Waals surface area contributed by atoms with E-state index in [1.165, 1.54) is 35.1 Å². The summed E-state index contributed by atoms with van der Waals surface area (Å²) in [4.78, 5) is 23.5. The van der Waals surface area contributed by atoms with E-state index in [1.807, 2.05) is 0 Å². The average molecular weight is 563 g/mol. The number of carboxylic acids is 1. The zero-order chi connectivity index (χ0) is 29.8. The largest absolute Gasteiger partial charge is 0.478 e. The van der Waals surface area contributed by atoms with Crippen molar-refractivity contribution in [2.24, 2.45) is 0 Å². The molecule has 11 heteroatoms. The van der Waals surface area contributed by atoms with E-state index in [2.05, 4.69) is 27.5 Å². The normalized spacial score (nSPS) is 11.4. The lowest BCUT2D eigenvalue weighted by atomic mass is 10.0. The second-order valence-corrected chi connectivity index (χ2v) is 9.93. The summed E-state index contributed by atoms with van der Waals surface area (Å²) in [6.45, 7) is 5.40. The fourth-order valence-electron chi connectivity index (χ4n) is 3.71. The highest BCUT2D eigenvalue weighted by Crippen LogP contribution is 2.31. The molecule has 0 fully saturated rings. The minimum atomic E-state index is -4.45. The topological polar surface area (TPSA) is 106 Å². The van der Waals surface area contributed by atoms with Crippen LogP contribution in [0.25, 0.3) is 28.1 Å². The highest BCUT2D eigenvalue weighted by atomic mass is 19.4. The van der Waals surface area contributed by atoms with Crippen molar-refractivity contribution in [1.82, 2.24) is 20.3 Å². The van der Waals surface area contributed by atoms with Crippen molar-refractivity contribution in [3.05, 3.63) is 89.6 Å². The van der Waals surface area contributed by atoms with Gasteiger partial charge < -0.3 is 15.2 Å². The van der Waals surface area contributed by atoms with Crippen LogP contribution in [0.5, 0.6) is 0 Å². The Balaban J connectivity index is 1.53. The molecule has 0 atom stereocenters. The monoisotopic (exact) mass is 562 g/mol. The van der Waals surface area contributed by atoms with Gasteiger partial charge in [-0.2, -0.15) is 13.2 Å². The summed E-state index contributed by atoms with van der Waals surface area (Å²) in [5.41, 5.74) is 1.79. The molecule has 1 aromatic heterocycles. The highest BCUT2D eigenvalue weighted by Gasteiger charge is 2.30. The molecule has 0 bridgehead atoms. The summed E-state index contributed by atoms with van der Waals surface area (Å²) in [5, 5.41) is 20.3. The number of amides is 1. The van der Waals surface area contributed by atoms with Crippen molar-refractivity contribution in [2.45, 2.75) is 32.5 Å². The van der Waals surface area contributed by atoms with Crippen LogP contribution in [0.2, 0.25) is 0 Å². The Bertz CT molecular complexity index is 1630. The predicted octanol–water partition coefficient (Wildman–Crippen LogP) is 6.19. The Morgan fingerprint density at radius 3 is 2.22 bits per heavy atom. The van der Waals surface area contributed by atoms with Gasteiger partial charge in [0.05, 0.1) is 29.6 Å². The van der Waals surface area contributed by atoms with Crippen LogP contribution in [-0.4, -0.2) is 44.3 Å². The number of hydrogen-bond acceptors (Lipinski definition) is 5. The van der Waals surface area contributed by atoms with Gasteiger partial charge in [-0.05, 0) is 74.4 Å². The minimum absolute atomic E-state index is 0.0150. The van der Waals surface area contributed by atoms with Crippen LogP contribution in [-0.2, 0) is 10.9 Å². The number of rotatable bonds is 5. The quantitative estimate of drug-likeness (QED) is 0.281. The molecular weight excluding hydrogens is 537 g/mol. The van der Waals surface area contributed by atoms with Crippen molar-refractivity contribution >= 4 is 12.1 Å². The Morgan fingerprint density at radius 2 is 1.61 bits per heavy atom. The first kappa shape index (κ1) is 28.9. The Hall–Kier alpha value is -5.11. The molecule has 0 aliphatic carbocycles. The second-order valence-electron chi connectivity index (χ2n) is 9.93. The number of nitrogens with one attached hydrogen (secondary N) is 1. The van der Waals surface area contributed by atoms with Crippen LogP contribution in [0.15, 0.2) is 72.9 Å². The van der Waals surface area contributed by atoms with Gasteiger partial charge in [-0.1, -0.05) is 41.3 Å². The van der Waals surface area contributed by atoms with Gasteiger partial charge in [0.15, 0.2) is 0 Å². The standard InChI is InChI=1S/C30H25F3N4O4/c1-29(2,3)41-28(40)34-14-4-5-19-6-8-20(9-7-19)22-15-23(27(38)39)17-25(16-22)37-18-26(35-36-37)21-10-12-24(13-11-21)30(31,32)33/h6-13,15-18H,14H2,1-3H3,(H,34,40)(H,38,39). The van der Waals surface area contributed by atoms with Crippen molar-refractivity contribution in [3.63, 3.8) is 0 Å². The molecule has 210 valence electrons. The number of benzene rings is 3. The lowest BCUT2D eigenvalue weighted by Gasteiger charge is -2.18. The lowest BCUT2D eigenvalue weighted by Crippen LogP contribution is -2.32. The molecule has 0 aliphatic rings. The molecule has 8 nitrogen and oxygen atoms in total. The number of carbonyl (C=O) groups is 2. The maximum atomic E-state index is 12.9. The van der Waals surface area contributed by atoms with Crippen LogP contribution in [0.4, 0.5) is 18.0 Å². The number of alkyl carbamates (subject to hydrolysis) is 1. The number of carbonyl (C=O) groups excluding carboxylic acids is 1. The molecule has 0 saturated heterocycles. The predicted molar refractivity (Wildman–Crippen MR) is 145 cm³/mol. The van der Waals surface area contributed by atoms with E-state index >= 15 is 0 Å². The van der Waals surface area contributed by atoms with Gasteiger partial charge in [0, 0.05) is 11.1 Å². The van der Waals surface area contributed by atoms with Crippen LogP contribution < -0.4 is 5.32 Å². The second kappa shape index (κ2) is 11.6. The zero-order valence-electron chi connectivity index (χ0n) is 22.3. The SMILES string of the molecule is CC(C)(C)OC(=O)NCC#Cc1ccc(-c2cc(C(=O)O)cc(-n3cc(-c4ccc(C(F)(F)F)cc4)nn3)c2)cc1. The van der Waals surface area contributed by atoms with E-state index in [-0.39, 0.29) is 12.1 Å². The third kappa shape index (κ3) is 7.73. The fraction of sp³-hybridized carbons (Fsp3) is 0.200. The van der Waals surface area contributed by atoms with Gasteiger partial charge in [-0.15, -0.1) is 5.10 Å². The third-order valence-corrected chi connectivity index (χ3v) is 5.60. The molecule has 0 spiro atoms. The number of aromatic nitrogens is 3. The first-order valence-corrected chi connectivity index (χ1v) is 12.3. The van der Waals surface area contributed by atoms with Crippen LogP contribution >= 0.6 is 0 Å². The number of aromatic carboxylic acids is 1. The van der Waals surface area contributed by atoms with E-state index in [0.29, 0.717) is 28.1 Å². The molecule has 2 N–H and O–H groups in total. The van der Waals surface area contributed by atoms with Gasteiger partial charge >= 0.3 is 18.2 Å². The molecule has 1 heterocycles. The van der Waals surface area contributed by atoms with E-state index in [4.69, 9.17) is 4.74 Å². The smallest absolute Gasteiger partial charge is 0.416 e. The number of ether oxygens (including phenoxy) is 1. The summed E-state index contributed by atoms with van der Waals surface area (Å²) in [6, 6.07) is 16.3. The molecule has 41 heavy (non-hydrogen) atoms. The van der Waals surface area contributed by atoms with Gasteiger partial charge in [-0.25, -0.2) is 14.3 Å². The van der Waals surface area contributed by atoms with Gasteiger partial charge in [-0.3, -0.25) is 0 Å². The number of hydrogen-bond donors (Lipinski definition) is 2. The lowest BCUT2D eigenvalue weighted by molar-refractivity contribution is -0.137. The molecule has 4 rings (SSSR count). The van der Waals surface area contributed by atoms with Gasteiger partial charge in [0.25, 0.3) is 0 Å². The maximum absolute atomic E-state index is 12.9. The van der Waals surface area contributed by atoms with Crippen LogP contribution in [0.1, 0.15) is 42.3 Å². The van der Waals surface area contributed by atoms with Gasteiger partial charge in [0.2, 0.25) is 0 Å². The molecule has 3 aromatic carbocycles. The number of halogens is 3. The number of carboxylic acid groups (broad SMARTS) is 1. The highest BCUT2D eigenvalue weighted by molar-refractivity contribution is 5.90. The summed E-state index contributed by atoms with van der Waals surface area (Å²) in [5.74, 6) is 4.64. The van der Waals surface area contributed by atoms with E-state index in [0.717, 1.165) is 17.7 Å². The van der Waals surface area contributed by atoms with E-state index < -0.39 is 29.4 Å². The minimum Gasteiger partial charge on any atom is -0.478 e. The first-order valence-electron chi connectivity index (χ1n) is 12.3. The molecule has 1 amide bonds. The van der Waals surface area contributed by atoms with Crippen LogP contribution in [0, 0.1) is 11.8 Å². The molecule has 0 radical (unpaired) electrons. The average Bonchev–Trinajstić information content (AvgIpc) is 3.40. The van der Waals surface area contributed by atoms with Crippen molar-refractivity contribution in [1.29, 1.82) is 0 Å². The molecule has 4 aromatic rings. The van der Waals surface area contributed by atoms with Crippen molar-refractivity contribution in [2.75, 3.05) is 6.54 Å². The van der Waals surface area contributed by atoms with Gasteiger partial charge in [0.1, 0.15) is 11.3 Å². The van der Waals surface area contributed by atoms with Crippen molar-refractivity contribution in [3.8, 4) is 39.9 Å². The number of nitrogens with zero attached hydrogens (tertiary/aromatic N) is 3. The Kier molecular flexibility index (Phi) is 8.14. The van der Waals surface area contributed by atoms with E-state index in [1.54, 1.807) is 51.1 Å². The Morgan fingerprint density at radius 1 is 0.951 bits per heavy atom. The maximum Gasteiger partial charge on any atom is 0.416 e. The summed E-state index contributed by atoms with van der Waals surface area (Å²) >= 11 is 0. The summed E-state index contributed by atoms with van der Waals surface area (Å²) in [6.07, 6.45) is -3.50. The molecule has 0 unspecified atom stereocenters. The summed E-state index contributed by atoms with van der Waals surface area (Å²) in [7, 11) is 0.